The van der Waals surface area contributed by atoms with Gasteiger partial charge in [-0.25, -0.2) is 4.79 Å². The summed E-state index contributed by atoms with van der Waals surface area (Å²) in [5, 5.41) is 24.0. The summed E-state index contributed by atoms with van der Waals surface area (Å²) >= 11 is 0. The third-order valence-corrected chi connectivity index (χ3v) is 4.87. The molecule has 0 bridgehead atoms. The molecule has 8 N–H and O–H groups in total. The van der Waals surface area contributed by atoms with Gasteiger partial charge in [0.25, 0.3) is 0 Å². The zero-order chi connectivity index (χ0) is 23.2. The van der Waals surface area contributed by atoms with Gasteiger partial charge < -0.3 is 37.2 Å². The van der Waals surface area contributed by atoms with Crippen LogP contribution in [0.1, 0.15) is 40.0 Å². The number of aliphatic hydroxyl groups excluding tert-OH is 1. The van der Waals surface area contributed by atoms with Crippen LogP contribution in [0.3, 0.4) is 0 Å². The van der Waals surface area contributed by atoms with E-state index in [0.29, 0.717) is 12.8 Å². The summed E-state index contributed by atoms with van der Waals surface area (Å²) in [5.41, 5.74) is 10.6. The maximum atomic E-state index is 13.0. The first-order chi connectivity index (χ1) is 13.9. The molecule has 0 saturated carbocycles. The molecule has 0 aromatic rings. The summed E-state index contributed by atoms with van der Waals surface area (Å²) in [7, 11) is 0. The molecule has 5 atom stereocenters. The fraction of sp³-hybridized carbons (Fsp3) is 0.722. The monoisotopic (exact) mass is 429 g/mol. The molecule has 1 aliphatic rings. The average molecular weight is 429 g/mol. The van der Waals surface area contributed by atoms with Crippen molar-refractivity contribution < 1.29 is 34.2 Å². The highest BCUT2D eigenvalue weighted by Gasteiger charge is 2.40. The number of amides is 4. The van der Waals surface area contributed by atoms with Crippen molar-refractivity contribution in [3.63, 3.8) is 0 Å². The Bertz CT molecular complexity index is 682. The predicted molar refractivity (Wildman–Crippen MR) is 105 cm³/mol. The van der Waals surface area contributed by atoms with E-state index >= 15 is 0 Å². The zero-order valence-corrected chi connectivity index (χ0v) is 17.3. The van der Waals surface area contributed by atoms with Crippen LogP contribution in [-0.2, 0) is 24.0 Å². The molecule has 1 heterocycles. The van der Waals surface area contributed by atoms with Crippen molar-refractivity contribution in [2.24, 2.45) is 17.4 Å². The minimum absolute atomic E-state index is 0.197. The number of hydrogen-bond donors (Lipinski definition) is 6. The zero-order valence-electron chi connectivity index (χ0n) is 17.3. The van der Waals surface area contributed by atoms with Gasteiger partial charge in [0.15, 0.2) is 0 Å². The van der Waals surface area contributed by atoms with Gasteiger partial charge in [0.1, 0.15) is 18.1 Å². The number of carbonyl (C=O) groups excluding carboxylic acids is 4. The van der Waals surface area contributed by atoms with Crippen molar-refractivity contribution in [1.29, 1.82) is 0 Å². The van der Waals surface area contributed by atoms with E-state index < -0.39 is 66.3 Å². The molecular weight excluding hydrogens is 398 g/mol. The van der Waals surface area contributed by atoms with Crippen LogP contribution >= 0.6 is 0 Å². The Morgan fingerprint density at radius 2 is 1.70 bits per heavy atom. The first-order valence-corrected chi connectivity index (χ1v) is 9.72. The maximum Gasteiger partial charge on any atom is 0.326 e. The van der Waals surface area contributed by atoms with E-state index in [1.54, 1.807) is 13.8 Å². The lowest BCUT2D eigenvalue weighted by molar-refractivity contribution is -0.146. The third kappa shape index (κ3) is 6.66. The van der Waals surface area contributed by atoms with Gasteiger partial charge in [-0.15, -0.1) is 0 Å². The molecule has 12 nitrogen and oxygen atoms in total. The van der Waals surface area contributed by atoms with Crippen molar-refractivity contribution in [2.75, 3.05) is 6.54 Å². The third-order valence-electron chi connectivity index (χ3n) is 4.87. The summed E-state index contributed by atoms with van der Waals surface area (Å²) in [5.74, 6) is -4.53. The lowest BCUT2D eigenvalue weighted by Gasteiger charge is -2.31. The normalized spacial score (nSPS) is 20.2. The summed E-state index contributed by atoms with van der Waals surface area (Å²) in [6, 6.07) is -4.74. The van der Waals surface area contributed by atoms with Gasteiger partial charge in [-0.3, -0.25) is 19.2 Å². The van der Waals surface area contributed by atoms with Crippen LogP contribution in [0.5, 0.6) is 0 Å². The van der Waals surface area contributed by atoms with Crippen LogP contribution in [0.25, 0.3) is 0 Å². The van der Waals surface area contributed by atoms with Gasteiger partial charge >= 0.3 is 5.97 Å². The fourth-order valence-corrected chi connectivity index (χ4v) is 3.20. The largest absolute Gasteiger partial charge is 0.480 e. The van der Waals surface area contributed by atoms with Gasteiger partial charge in [0.2, 0.25) is 23.6 Å². The van der Waals surface area contributed by atoms with Gasteiger partial charge in [-0.1, -0.05) is 13.8 Å². The fourth-order valence-electron chi connectivity index (χ4n) is 3.20. The Morgan fingerprint density at radius 3 is 2.17 bits per heavy atom. The number of nitrogens with zero attached hydrogens (tertiary/aromatic N) is 1. The number of aliphatic hydroxyl groups is 1. The predicted octanol–water partition coefficient (Wildman–Crippen LogP) is -2.73. The summed E-state index contributed by atoms with van der Waals surface area (Å²) < 4.78 is 0. The van der Waals surface area contributed by atoms with Gasteiger partial charge in [-0.05, 0) is 25.7 Å². The molecule has 5 unspecified atom stereocenters. The van der Waals surface area contributed by atoms with Gasteiger partial charge in [0, 0.05) is 6.54 Å². The second-order valence-electron chi connectivity index (χ2n) is 7.76. The number of hydrogen-bond acceptors (Lipinski definition) is 7. The van der Waals surface area contributed by atoms with Crippen LogP contribution in [0.4, 0.5) is 0 Å². The molecule has 12 heteroatoms. The van der Waals surface area contributed by atoms with E-state index in [2.05, 4.69) is 10.6 Å². The lowest BCUT2D eigenvalue weighted by atomic mass is 10.0. The van der Waals surface area contributed by atoms with Crippen LogP contribution in [-0.4, -0.2) is 81.5 Å². The highest BCUT2D eigenvalue weighted by molar-refractivity contribution is 5.95. The first-order valence-electron chi connectivity index (χ1n) is 9.72. The SMILES string of the molecule is CC(C)C(NC(=O)C1CCCN1C(=O)C(NC(=O)C(N)CC(N)=O)C(C)O)C(=O)O. The molecule has 170 valence electrons. The van der Waals surface area contributed by atoms with E-state index in [4.69, 9.17) is 11.5 Å². The van der Waals surface area contributed by atoms with Crippen LogP contribution in [0, 0.1) is 5.92 Å². The average Bonchev–Trinajstić information content (AvgIpc) is 3.11. The Morgan fingerprint density at radius 1 is 1.10 bits per heavy atom. The molecule has 4 amide bonds. The van der Waals surface area contributed by atoms with Gasteiger partial charge in [0.05, 0.1) is 18.6 Å². The summed E-state index contributed by atoms with van der Waals surface area (Å²) in [6.07, 6.45) is -0.948. The molecule has 0 spiro atoms. The Balaban J connectivity index is 2.93. The van der Waals surface area contributed by atoms with E-state index in [-0.39, 0.29) is 12.5 Å². The molecule has 1 aliphatic heterocycles. The van der Waals surface area contributed by atoms with Crippen LogP contribution < -0.4 is 22.1 Å². The summed E-state index contributed by atoms with van der Waals surface area (Å²) in [6.45, 7) is 4.77. The van der Waals surface area contributed by atoms with Gasteiger partial charge in [-0.2, -0.15) is 0 Å². The van der Waals surface area contributed by atoms with E-state index in [9.17, 15) is 34.2 Å². The molecular formula is C18H31N5O7. The second kappa shape index (κ2) is 10.9. The van der Waals surface area contributed by atoms with Crippen molar-refractivity contribution in [1.82, 2.24) is 15.5 Å². The number of aliphatic carboxylic acids is 1. The van der Waals surface area contributed by atoms with Crippen molar-refractivity contribution >= 4 is 29.6 Å². The van der Waals surface area contributed by atoms with Crippen molar-refractivity contribution in [3.05, 3.63) is 0 Å². The number of primary amides is 1. The Labute approximate surface area is 174 Å². The number of rotatable bonds is 10. The van der Waals surface area contributed by atoms with Crippen LogP contribution in [0.15, 0.2) is 0 Å². The number of nitrogens with two attached hydrogens (primary N) is 2. The number of carboxylic acid groups (broad SMARTS) is 1. The molecule has 0 radical (unpaired) electrons. The van der Waals surface area contributed by atoms with E-state index in [1.807, 2.05) is 0 Å². The van der Waals surface area contributed by atoms with Crippen molar-refractivity contribution in [3.8, 4) is 0 Å². The molecule has 1 rings (SSSR count). The molecule has 1 saturated heterocycles. The van der Waals surface area contributed by atoms with E-state index in [1.165, 1.54) is 11.8 Å². The number of nitrogens with one attached hydrogen (secondary N) is 2. The number of carbonyl (C=O) groups is 5. The Kier molecular flexibility index (Phi) is 9.18. The Hall–Kier alpha value is -2.73. The summed E-state index contributed by atoms with van der Waals surface area (Å²) in [4.78, 5) is 61.2. The lowest BCUT2D eigenvalue weighted by Crippen LogP contribution is -2.60. The first kappa shape index (κ1) is 25.3. The highest BCUT2D eigenvalue weighted by Crippen LogP contribution is 2.20. The van der Waals surface area contributed by atoms with Crippen molar-refractivity contribution in [2.45, 2.75) is 70.3 Å². The standard InChI is InChI=1S/C18H31N5O7/c1-8(2)13(18(29)30)21-16(27)11-5-4-6-23(11)17(28)14(9(3)24)22-15(26)10(19)7-12(20)25/h8-11,13-14,24H,4-7,19H2,1-3H3,(H2,20,25)(H,21,27)(H,22,26)(H,29,30). The smallest absolute Gasteiger partial charge is 0.326 e. The number of likely N-dealkylation sites (tertiary alicyclic amines) is 1. The number of carboxylic acids is 1. The second-order valence-corrected chi connectivity index (χ2v) is 7.76. The van der Waals surface area contributed by atoms with E-state index in [0.717, 1.165) is 0 Å². The quantitative estimate of drug-likeness (QED) is 0.214. The molecule has 0 aliphatic carbocycles. The topological polar surface area (TPSA) is 205 Å². The molecule has 1 fully saturated rings. The minimum Gasteiger partial charge on any atom is -0.480 e. The highest BCUT2D eigenvalue weighted by atomic mass is 16.4. The molecule has 0 aromatic carbocycles. The maximum absolute atomic E-state index is 13.0. The minimum atomic E-state index is -1.40. The van der Waals surface area contributed by atoms with Crippen LogP contribution in [0.2, 0.25) is 0 Å². The molecule has 30 heavy (non-hydrogen) atoms. The molecule has 0 aromatic heterocycles.